The molecule has 1 unspecified atom stereocenters. The van der Waals surface area contributed by atoms with Crippen LogP contribution in [-0.4, -0.2) is 60.4 Å². The quantitative estimate of drug-likeness (QED) is 0.579. The third-order valence-corrected chi connectivity index (χ3v) is 3.65. The van der Waals surface area contributed by atoms with Gasteiger partial charge < -0.3 is 14.7 Å². The first-order valence-corrected chi connectivity index (χ1v) is 8.04. The van der Waals surface area contributed by atoms with Gasteiger partial charge in [0.2, 0.25) is 0 Å². The first-order valence-electron chi connectivity index (χ1n) is 8.04. The highest BCUT2D eigenvalue weighted by Gasteiger charge is 2.36. The summed E-state index contributed by atoms with van der Waals surface area (Å²) in [5.74, 6) is -0.746. The minimum Gasteiger partial charge on any atom is -0.480 e. The predicted octanol–water partition coefficient (Wildman–Crippen LogP) is 2.35. The van der Waals surface area contributed by atoms with E-state index in [-0.39, 0.29) is 12.1 Å². The van der Waals surface area contributed by atoms with Crippen molar-refractivity contribution in [1.29, 1.82) is 0 Å². The van der Waals surface area contributed by atoms with Gasteiger partial charge in [-0.15, -0.1) is 0 Å². The van der Waals surface area contributed by atoms with Crippen LogP contribution >= 0.6 is 0 Å². The number of carboxylic acid groups (broad SMARTS) is 1. The van der Waals surface area contributed by atoms with Crippen molar-refractivity contribution in [2.45, 2.75) is 71.6 Å². The van der Waals surface area contributed by atoms with Gasteiger partial charge in [-0.25, -0.2) is 0 Å². The minimum atomic E-state index is -0.802. The molecule has 21 heavy (non-hydrogen) atoms. The van der Waals surface area contributed by atoms with E-state index in [0.717, 1.165) is 26.1 Å². The predicted molar refractivity (Wildman–Crippen MR) is 86.7 cm³/mol. The molecule has 5 heteroatoms. The van der Waals surface area contributed by atoms with Crippen LogP contribution in [0.5, 0.6) is 0 Å². The van der Waals surface area contributed by atoms with Crippen LogP contribution in [0.1, 0.15) is 53.9 Å². The van der Waals surface area contributed by atoms with E-state index in [1.54, 1.807) is 0 Å². The standard InChI is InChI=1S/C16H34N2O3/c1-7-16(15(19)20,17-13(2)3)9-8-10-18(6)11-12-21-14(4)5/h13-14,17H,7-12H2,1-6H3,(H,19,20). The Morgan fingerprint density at radius 3 is 2.33 bits per heavy atom. The molecule has 0 aliphatic heterocycles. The summed E-state index contributed by atoms with van der Waals surface area (Å²) in [5, 5.41) is 12.8. The van der Waals surface area contributed by atoms with E-state index in [0.29, 0.717) is 12.8 Å². The molecular weight excluding hydrogens is 268 g/mol. The molecule has 0 aliphatic carbocycles. The molecule has 0 aromatic rings. The number of hydrogen-bond donors (Lipinski definition) is 2. The summed E-state index contributed by atoms with van der Waals surface area (Å²) < 4.78 is 5.52. The fourth-order valence-corrected chi connectivity index (χ4v) is 2.43. The van der Waals surface area contributed by atoms with Crippen LogP contribution in [0.25, 0.3) is 0 Å². The highest BCUT2D eigenvalue weighted by molar-refractivity contribution is 5.78. The number of hydrogen-bond acceptors (Lipinski definition) is 4. The van der Waals surface area contributed by atoms with E-state index in [2.05, 4.69) is 10.2 Å². The molecule has 126 valence electrons. The molecule has 2 N–H and O–H groups in total. The molecule has 0 amide bonds. The van der Waals surface area contributed by atoms with Crippen molar-refractivity contribution in [3.05, 3.63) is 0 Å². The summed E-state index contributed by atoms with van der Waals surface area (Å²) in [4.78, 5) is 13.8. The molecule has 0 saturated heterocycles. The smallest absolute Gasteiger partial charge is 0.323 e. The summed E-state index contributed by atoms with van der Waals surface area (Å²) in [6.07, 6.45) is 2.36. The molecule has 0 radical (unpaired) electrons. The lowest BCUT2D eigenvalue weighted by molar-refractivity contribution is -0.145. The van der Waals surface area contributed by atoms with Crippen LogP contribution in [0.2, 0.25) is 0 Å². The van der Waals surface area contributed by atoms with Gasteiger partial charge in [0.05, 0.1) is 12.7 Å². The number of likely N-dealkylation sites (N-methyl/N-ethyl adjacent to an activating group) is 1. The fourth-order valence-electron chi connectivity index (χ4n) is 2.43. The van der Waals surface area contributed by atoms with E-state index in [1.165, 1.54) is 0 Å². The molecule has 0 aliphatic rings. The van der Waals surface area contributed by atoms with Crippen LogP contribution in [0.4, 0.5) is 0 Å². The van der Waals surface area contributed by atoms with Gasteiger partial charge in [-0.3, -0.25) is 10.1 Å². The molecule has 5 nitrogen and oxygen atoms in total. The highest BCUT2D eigenvalue weighted by Crippen LogP contribution is 2.19. The van der Waals surface area contributed by atoms with Gasteiger partial charge in [0.25, 0.3) is 0 Å². The van der Waals surface area contributed by atoms with Crippen molar-refractivity contribution >= 4 is 5.97 Å². The lowest BCUT2D eigenvalue weighted by atomic mass is 9.89. The van der Waals surface area contributed by atoms with Crippen LogP contribution < -0.4 is 5.32 Å². The highest BCUT2D eigenvalue weighted by atomic mass is 16.5. The largest absolute Gasteiger partial charge is 0.480 e. The van der Waals surface area contributed by atoms with Crippen molar-refractivity contribution in [1.82, 2.24) is 10.2 Å². The topological polar surface area (TPSA) is 61.8 Å². The van der Waals surface area contributed by atoms with Crippen LogP contribution in [0, 0.1) is 0 Å². The maximum Gasteiger partial charge on any atom is 0.323 e. The van der Waals surface area contributed by atoms with Crippen LogP contribution in [0.3, 0.4) is 0 Å². The monoisotopic (exact) mass is 302 g/mol. The van der Waals surface area contributed by atoms with E-state index in [1.807, 2.05) is 41.7 Å². The summed E-state index contributed by atoms with van der Waals surface area (Å²) in [7, 11) is 2.05. The maximum absolute atomic E-state index is 11.6. The molecule has 0 fully saturated rings. The Morgan fingerprint density at radius 2 is 1.90 bits per heavy atom. The summed E-state index contributed by atoms with van der Waals surface area (Å²) >= 11 is 0. The normalized spacial score (nSPS) is 14.9. The number of carboxylic acids is 1. The molecule has 0 rings (SSSR count). The van der Waals surface area contributed by atoms with E-state index < -0.39 is 11.5 Å². The lowest BCUT2D eigenvalue weighted by Crippen LogP contribution is -2.54. The van der Waals surface area contributed by atoms with E-state index in [4.69, 9.17) is 4.74 Å². The second-order valence-corrected chi connectivity index (χ2v) is 6.37. The minimum absolute atomic E-state index is 0.165. The Kier molecular flexibility index (Phi) is 9.83. The molecule has 0 aromatic heterocycles. The van der Waals surface area contributed by atoms with Crippen LogP contribution in [0.15, 0.2) is 0 Å². The number of ether oxygens (including phenoxy) is 1. The van der Waals surface area contributed by atoms with Crippen molar-refractivity contribution in [2.75, 3.05) is 26.7 Å². The third kappa shape index (κ3) is 8.39. The lowest BCUT2D eigenvalue weighted by Gasteiger charge is -2.32. The average Bonchev–Trinajstić information content (AvgIpc) is 2.36. The van der Waals surface area contributed by atoms with Gasteiger partial charge in [0.1, 0.15) is 5.54 Å². The Labute approximate surface area is 130 Å². The van der Waals surface area contributed by atoms with Crippen molar-refractivity contribution < 1.29 is 14.6 Å². The molecule has 1 atom stereocenters. The summed E-state index contributed by atoms with van der Waals surface area (Å²) in [5.41, 5.74) is -0.802. The second-order valence-electron chi connectivity index (χ2n) is 6.37. The Morgan fingerprint density at radius 1 is 1.29 bits per heavy atom. The summed E-state index contributed by atoms with van der Waals surface area (Å²) in [6, 6.07) is 0.165. The Balaban J connectivity index is 4.21. The molecule has 0 saturated carbocycles. The van der Waals surface area contributed by atoms with Crippen LogP contribution in [-0.2, 0) is 9.53 Å². The number of carbonyl (C=O) groups is 1. The van der Waals surface area contributed by atoms with Gasteiger partial charge in [-0.2, -0.15) is 0 Å². The zero-order chi connectivity index (χ0) is 16.5. The van der Waals surface area contributed by atoms with Crippen molar-refractivity contribution in [3.63, 3.8) is 0 Å². The zero-order valence-corrected chi connectivity index (χ0v) is 14.6. The first-order chi connectivity index (χ1) is 9.73. The van der Waals surface area contributed by atoms with Gasteiger partial charge in [0, 0.05) is 12.6 Å². The number of aliphatic carboxylic acids is 1. The molecule has 0 heterocycles. The Bertz CT molecular complexity index is 295. The third-order valence-electron chi connectivity index (χ3n) is 3.65. The maximum atomic E-state index is 11.6. The van der Waals surface area contributed by atoms with E-state index in [9.17, 15) is 9.90 Å². The SMILES string of the molecule is CCC(CCCN(C)CCOC(C)C)(NC(C)C)C(=O)O. The molecular formula is C16H34N2O3. The van der Waals surface area contributed by atoms with Gasteiger partial charge in [-0.05, 0) is 60.5 Å². The first kappa shape index (κ1) is 20.3. The van der Waals surface area contributed by atoms with Gasteiger partial charge in [-0.1, -0.05) is 6.92 Å². The molecule has 0 bridgehead atoms. The number of nitrogens with zero attached hydrogens (tertiary/aromatic N) is 1. The zero-order valence-electron chi connectivity index (χ0n) is 14.6. The Hall–Kier alpha value is -0.650. The van der Waals surface area contributed by atoms with Gasteiger partial charge >= 0.3 is 5.97 Å². The number of nitrogens with one attached hydrogen (secondary N) is 1. The van der Waals surface area contributed by atoms with Crippen molar-refractivity contribution in [2.24, 2.45) is 0 Å². The van der Waals surface area contributed by atoms with Gasteiger partial charge in [0.15, 0.2) is 0 Å². The van der Waals surface area contributed by atoms with Crippen molar-refractivity contribution in [3.8, 4) is 0 Å². The average molecular weight is 302 g/mol. The molecule has 0 aromatic carbocycles. The second kappa shape index (κ2) is 10.1. The summed E-state index contributed by atoms with van der Waals surface area (Å²) in [6.45, 7) is 12.4. The molecule has 0 spiro atoms. The number of rotatable bonds is 12. The van der Waals surface area contributed by atoms with E-state index >= 15 is 0 Å². The fraction of sp³-hybridized carbons (Fsp3) is 0.938.